The van der Waals surface area contributed by atoms with Crippen molar-refractivity contribution in [3.05, 3.63) is 11.9 Å². The van der Waals surface area contributed by atoms with Crippen LogP contribution in [0.5, 0.6) is 5.75 Å². The van der Waals surface area contributed by atoms with Gasteiger partial charge in [-0.05, 0) is 26.8 Å². The summed E-state index contributed by atoms with van der Waals surface area (Å²) in [5, 5.41) is 7.90. The maximum atomic E-state index is 5.77. The Morgan fingerprint density at radius 1 is 1.37 bits per heavy atom. The number of hydrogen-bond donors (Lipinski definition) is 1. The number of methoxy groups -OCH3 is 2. The Bertz CT molecular complexity index is 365. The highest BCUT2D eigenvalue weighted by molar-refractivity contribution is 5.30. The Kier molecular flexibility index (Phi) is 5.82. The third kappa shape index (κ3) is 3.09. The summed E-state index contributed by atoms with van der Waals surface area (Å²) in [7, 11) is 3.44. The van der Waals surface area contributed by atoms with Gasteiger partial charge in [0.25, 0.3) is 0 Å². The predicted octanol–water partition coefficient (Wildman–Crippen LogP) is 2.38. The van der Waals surface area contributed by atoms with Crippen LogP contribution in [0.15, 0.2) is 6.20 Å². The van der Waals surface area contributed by atoms with Gasteiger partial charge in [0.15, 0.2) is 5.75 Å². The van der Waals surface area contributed by atoms with E-state index in [-0.39, 0.29) is 11.6 Å². The van der Waals surface area contributed by atoms with Crippen molar-refractivity contribution in [3.8, 4) is 5.75 Å². The van der Waals surface area contributed by atoms with Crippen LogP contribution in [0.3, 0.4) is 0 Å². The molecule has 0 fully saturated rings. The molecule has 0 radical (unpaired) electrons. The highest BCUT2D eigenvalue weighted by Gasteiger charge is 2.37. The number of likely N-dealkylation sites (N-methyl/N-ethyl adjacent to an activating group) is 1. The van der Waals surface area contributed by atoms with Gasteiger partial charge >= 0.3 is 0 Å². The molecule has 0 spiro atoms. The van der Waals surface area contributed by atoms with Gasteiger partial charge in [0.05, 0.1) is 24.9 Å². The monoisotopic (exact) mass is 269 g/mol. The quantitative estimate of drug-likeness (QED) is 0.787. The third-order valence-corrected chi connectivity index (χ3v) is 3.83. The highest BCUT2D eigenvalue weighted by Crippen LogP contribution is 2.36. The first-order valence-corrected chi connectivity index (χ1v) is 6.96. The second-order valence-corrected chi connectivity index (χ2v) is 4.77. The minimum absolute atomic E-state index is 0.0462. The SMILES string of the molecule is CCNC(c1c(OC)cnn1CC)C(C)(CC)OC. The first-order chi connectivity index (χ1) is 9.07. The molecule has 0 aliphatic heterocycles. The van der Waals surface area contributed by atoms with Crippen molar-refractivity contribution < 1.29 is 9.47 Å². The van der Waals surface area contributed by atoms with Crippen LogP contribution in [-0.4, -0.2) is 36.1 Å². The average molecular weight is 269 g/mol. The Balaban J connectivity index is 3.28. The van der Waals surface area contributed by atoms with Crippen LogP contribution >= 0.6 is 0 Å². The van der Waals surface area contributed by atoms with E-state index in [9.17, 15) is 0 Å². The maximum Gasteiger partial charge on any atom is 0.161 e. The smallest absolute Gasteiger partial charge is 0.161 e. The van der Waals surface area contributed by atoms with Gasteiger partial charge in [-0.2, -0.15) is 5.10 Å². The van der Waals surface area contributed by atoms with E-state index in [0.717, 1.165) is 31.0 Å². The number of ether oxygens (including phenoxy) is 2. The van der Waals surface area contributed by atoms with Gasteiger partial charge in [0.2, 0.25) is 0 Å². The summed E-state index contributed by atoms with van der Waals surface area (Å²) in [5.41, 5.74) is 0.758. The summed E-state index contributed by atoms with van der Waals surface area (Å²) >= 11 is 0. The summed E-state index contributed by atoms with van der Waals surface area (Å²) in [6.45, 7) is 10.1. The second-order valence-electron chi connectivity index (χ2n) is 4.77. The summed E-state index contributed by atoms with van der Waals surface area (Å²) < 4.78 is 13.2. The summed E-state index contributed by atoms with van der Waals surface area (Å²) in [6, 6.07) is 0.0462. The lowest BCUT2D eigenvalue weighted by Crippen LogP contribution is -2.44. The molecule has 19 heavy (non-hydrogen) atoms. The number of aryl methyl sites for hydroxylation is 1. The Morgan fingerprint density at radius 3 is 2.47 bits per heavy atom. The normalized spacial score (nSPS) is 16.1. The number of hydrogen-bond acceptors (Lipinski definition) is 4. The fourth-order valence-corrected chi connectivity index (χ4v) is 2.35. The number of nitrogens with one attached hydrogen (secondary N) is 1. The van der Waals surface area contributed by atoms with Gasteiger partial charge < -0.3 is 14.8 Å². The molecule has 0 bridgehead atoms. The van der Waals surface area contributed by atoms with Crippen molar-refractivity contribution >= 4 is 0 Å². The van der Waals surface area contributed by atoms with Gasteiger partial charge in [-0.15, -0.1) is 0 Å². The van der Waals surface area contributed by atoms with E-state index >= 15 is 0 Å². The molecule has 2 unspecified atom stereocenters. The molecule has 0 saturated carbocycles. The van der Waals surface area contributed by atoms with Crippen LogP contribution in [0.4, 0.5) is 0 Å². The Labute approximate surface area is 116 Å². The highest BCUT2D eigenvalue weighted by atomic mass is 16.5. The van der Waals surface area contributed by atoms with Crippen molar-refractivity contribution in [2.45, 2.75) is 52.3 Å². The zero-order valence-electron chi connectivity index (χ0n) is 13.0. The molecule has 0 aliphatic rings. The number of nitrogens with zero attached hydrogens (tertiary/aromatic N) is 2. The maximum absolute atomic E-state index is 5.77. The molecule has 1 aromatic rings. The zero-order valence-corrected chi connectivity index (χ0v) is 13.0. The van der Waals surface area contributed by atoms with Gasteiger partial charge in [0, 0.05) is 13.7 Å². The summed E-state index contributed by atoms with van der Waals surface area (Å²) in [4.78, 5) is 0. The van der Waals surface area contributed by atoms with E-state index in [2.05, 4.69) is 38.1 Å². The Hall–Kier alpha value is -1.07. The molecule has 0 aromatic carbocycles. The van der Waals surface area contributed by atoms with E-state index in [1.165, 1.54) is 0 Å². The first kappa shape index (κ1) is 16.0. The van der Waals surface area contributed by atoms with Crippen molar-refractivity contribution in [2.24, 2.45) is 0 Å². The fourth-order valence-electron chi connectivity index (χ4n) is 2.35. The largest absolute Gasteiger partial charge is 0.493 e. The minimum atomic E-state index is -0.295. The lowest BCUT2D eigenvalue weighted by molar-refractivity contribution is -0.0323. The third-order valence-electron chi connectivity index (χ3n) is 3.83. The molecule has 2 atom stereocenters. The fraction of sp³-hybridized carbons (Fsp3) is 0.786. The van der Waals surface area contributed by atoms with Crippen LogP contribution in [0.2, 0.25) is 0 Å². The van der Waals surface area contributed by atoms with Crippen LogP contribution in [0.25, 0.3) is 0 Å². The molecule has 0 aliphatic carbocycles. The van der Waals surface area contributed by atoms with Crippen molar-refractivity contribution in [3.63, 3.8) is 0 Å². The van der Waals surface area contributed by atoms with Gasteiger partial charge in [-0.25, -0.2) is 0 Å². The molecule has 1 N–H and O–H groups in total. The minimum Gasteiger partial charge on any atom is -0.493 e. The first-order valence-electron chi connectivity index (χ1n) is 6.96. The van der Waals surface area contributed by atoms with Crippen molar-refractivity contribution in [1.82, 2.24) is 15.1 Å². The average Bonchev–Trinajstić information content (AvgIpc) is 2.86. The molecule has 1 rings (SSSR count). The van der Waals surface area contributed by atoms with E-state index in [1.807, 2.05) is 4.68 Å². The topological polar surface area (TPSA) is 48.3 Å². The Morgan fingerprint density at radius 2 is 2.05 bits per heavy atom. The molecule has 1 aromatic heterocycles. The van der Waals surface area contributed by atoms with Crippen LogP contribution in [0.1, 0.15) is 45.9 Å². The summed E-state index contributed by atoms with van der Waals surface area (Å²) in [5.74, 6) is 0.810. The van der Waals surface area contributed by atoms with E-state index in [0.29, 0.717) is 0 Å². The summed E-state index contributed by atoms with van der Waals surface area (Å²) in [6.07, 6.45) is 2.67. The second kappa shape index (κ2) is 6.91. The standard InChI is InChI=1S/C14H27N3O2/c1-7-14(4,19-6)13(15-8-2)12-11(18-5)10-16-17(12)9-3/h10,13,15H,7-9H2,1-6H3. The van der Waals surface area contributed by atoms with Crippen molar-refractivity contribution in [1.29, 1.82) is 0 Å². The van der Waals surface area contributed by atoms with Gasteiger partial charge in [0.1, 0.15) is 5.69 Å². The lowest BCUT2D eigenvalue weighted by Gasteiger charge is -2.36. The molecular weight excluding hydrogens is 242 g/mol. The van der Waals surface area contributed by atoms with Gasteiger partial charge in [-0.1, -0.05) is 13.8 Å². The number of aromatic nitrogens is 2. The van der Waals surface area contributed by atoms with Crippen LogP contribution in [-0.2, 0) is 11.3 Å². The van der Waals surface area contributed by atoms with E-state index < -0.39 is 0 Å². The molecule has 110 valence electrons. The van der Waals surface area contributed by atoms with Crippen molar-refractivity contribution in [2.75, 3.05) is 20.8 Å². The molecule has 0 amide bonds. The zero-order chi connectivity index (χ0) is 14.5. The number of rotatable bonds is 8. The van der Waals surface area contributed by atoms with Crippen LogP contribution < -0.4 is 10.1 Å². The molecular formula is C14H27N3O2. The van der Waals surface area contributed by atoms with Crippen LogP contribution in [0, 0.1) is 0 Å². The molecule has 0 saturated heterocycles. The molecule has 1 heterocycles. The van der Waals surface area contributed by atoms with Gasteiger partial charge in [-0.3, -0.25) is 4.68 Å². The van der Waals surface area contributed by atoms with E-state index in [4.69, 9.17) is 9.47 Å². The molecule has 5 heteroatoms. The predicted molar refractivity (Wildman–Crippen MR) is 76.6 cm³/mol. The van der Waals surface area contributed by atoms with E-state index in [1.54, 1.807) is 20.4 Å². The molecule has 5 nitrogen and oxygen atoms in total. The lowest BCUT2D eigenvalue weighted by atomic mass is 9.90.